The summed E-state index contributed by atoms with van der Waals surface area (Å²) >= 11 is 0. The van der Waals surface area contributed by atoms with Crippen molar-refractivity contribution in [2.24, 2.45) is 10.9 Å². The Labute approximate surface area is 211 Å². The molecule has 4 atom stereocenters. The van der Waals surface area contributed by atoms with Gasteiger partial charge in [0.05, 0.1) is 20.3 Å². The zero-order valence-electron chi connectivity index (χ0n) is 21.3. The average Bonchev–Trinajstić information content (AvgIpc) is 2.87. The van der Waals surface area contributed by atoms with Crippen LogP contribution < -0.4 is 9.47 Å². The van der Waals surface area contributed by atoms with Crippen molar-refractivity contribution in [2.75, 3.05) is 14.2 Å². The number of methoxy groups -OCH3 is 2. The van der Waals surface area contributed by atoms with Gasteiger partial charge in [-0.05, 0) is 61.9 Å². The summed E-state index contributed by atoms with van der Waals surface area (Å²) < 4.78 is 31.5. The predicted octanol–water partition coefficient (Wildman–Crippen LogP) is 5.76. The minimum absolute atomic E-state index is 0.127. The summed E-state index contributed by atoms with van der Waals surface area (Å²) in [5.74, 6) is -1.66. The first-order valence-electron chi connectivity index (χ1n) is 12.3. The molecule has 0 fully saturated rings. The maximum atomic E-state index is 15.1. The molecule has 0 amide bonds. The molecule has 0 spiro atoms. The number of esters is 1. The molecule has 0 bridgehead atoms. The molecule has 2 aliphatic rings. The molecule has 0 saturated heterocycles. The first-order valence-corrected chi connectivity index (χ1v) is 12.3. The molecule has 7 heteroatoms. The number of aliphatic imine (C=N–C) groups is 1. The Balaban J connectivity index is 1.78. The number of hydrogen-bond acceptors (Lipinski definition) is 6. The van der Waals surface area contributed by atoms with Gasteiger partial charge in [-0.25, -0.2) is 4.39 Å². The number of Topliss-reactive ketones (excluding diaryl/α,β-unsaturated/α-hetero) is 1. The molecule has 36 heavy (non-hydrogen) atoms. The van der Waals surface area contributed by atoms with Gasteiger partial charge in [0.25, 0.3) is 0 Å². The van der Waals surface area contributed by atoms with E-state index in [0.717, 1.165) is 5.56 Å². The lowest BCUT2D eigenvalue weighted by Gasteiger charge is -2.37. The lowest BCUT2D eigenvalue weighted by molar-refractivity contribution is -0.151. The smallest absolute Gasteiger partial charge is 0.315 e. The highest BCUT2D eigenvalue weighted by atomic mass is 19.1. The quantitative estimate of drug-likeness (QED) is 0.459. The zero-order chi connectivity index (χ0) is 26.0. The minimum Gasteiger partial charge on any atom is -0.493 e. The van der Waals surface area contributed by atoms with E-state index in [4.69, 9.17) is 19.2 Å². The molecule has 1 unspecified atom stereocenters. The fourth-order valence-corrected chi connectivity index (χ4v) is 5.13. The van der Waals surface area contributed by atoms with E-state index in [2.05, 4.69) is 0 Å². The second-order valence-corrected chi connectivity index (χ2v) is 9.39. The van der Waals surface area contributed by atoms with Crippen LogP contribution in [0.25, 0.3) is 0 Å². The van der Waals surface area contributed by atoms with E-state index in [1.165, 1.54) is 6.07 Å². The summed E-state index contributed by atoms with van der Waals surface area (Å²) in [6, 6.07) is 11.9. The van der Waals surface area contributed by atoms with Gasteiger partial charge in [0.2, 0.25) is 0 Å². The van der Waals surface area contributed by atoms with Gasteiger partial charge in [0, 0.05) is 29.3 Å². The SMILES string of the molecule is CC[C@@H](C)OC(=O)C1C(C)=NC2=C(C(=O)C[C@H](c3ccc(OC)c(OC)c3)C2)[C@H]1c1ccccc1F. The predicted molar refractivity (Wildman–Crippen MR) is 135 cm³/mol. The van der Waals surface area contributed by atoms with Gasteiger partial charge in [0.15, 0.2) is 17.3 Å². The lowest BCUT2D eigenvalue weighted by atomic mass is 9.69. The number of carbonyl (C=O) groups is 2. The fourth-order valence-electron chi connectivity index (χ4n) is 5.13. The summed E-state index contributed by atoms with van der Waals surface area (Å²) in [5, 5.41) is 0. The second kappa shape index (κ2) is 10.6. The summed E-state index contributed by atoms with van der Waals surface area (Å²) in [7, 11) is 3.14. The Morgan fingerprint density at radius 1 is 1.11 bits per heavy atom. The zero-order valence-corrected chi connectivity index (χ0v) is 21.3. The van der Waals surface area contributed by atoms with E-state index >= 15 is 4.39 Å². The van der Waals surface area contributed by atoms with Crippen LogP contribution in [-0.4, -0.2) is 37.8 Å². The van der Waals surface area contributed by atoms with E-state index in [1.54, 1.807) is 39.3 Å². The number of rotatable bonds is 7. The average molecular weight is 494 g/mol. The fraction of sp³-hybridized carbons (Fsp3) is 0.414. The molecule has 2 aromatic rings. The molecule has 2 aromatic carbocycles. The largest absolute Gasteiger partial charge is 0.493 e. The van der Waals surface area contributed by atoms with Crippen LogP contribution in [0.1, 0.15) is 63.0 Å². The Morgan fingerprint density at radius 3 is 2.50 bits per heavy atom. The van der Waals surface area contributed by atoms with Gasteiger partial charge in [-0.1, -0.05) is 31.2 Å². The van der Waals surface area contributed by atoms with E-state index in [9.17, 15) is 9.59 Å². The molecule has 4 rings (SSSR count). The lowest BCUT2D eigenvalue weighted by Crippen LogP contribution is -2.39. The number of hydrogen-bond donors (Lipinski definition) is 0. The third-order valence-corrected chi connectivity index (χ3v) is 7.15. The van der Waals surface area contributed by atoms with Crippen LogP contribution in [0, 0.1) is 11.7 Å². The van der Waals surface area contributed by atoms with Crippen molar-refractivity contribution in [3.05, 3.63) is 70.7 Å². The van der Waals surface area contributed by atoms with Gasteiger partial charge in [-0.3, -0.25) is 14.6 Å². The van der Waals surface area contributed by atoms with Crippen LogP contribution in [-0.2, 0) is 14.3 Å². The molecule has 1 aliphatic heterocycles. The topological polar surface area (TPSA) is 74.2 Å². The normalized spacial score (nSPS) is 22.4. The molecule has 0 saturated carbocycles. The molecule has 0 aromatic heterocycles. The Kier molecular flexibility index (Phi) is 7.57. The molecular formula is C29H32FNO5. The molecular weight excluding hydrogens is 461 g/mol. The van der Waals surface area contributed by atoms with Crippen LogP contribution in [0.15, 0.2) is 58.7 Å². The Morgan fingerprint density at radius 2 is 1.83 bits per heavy atom. The van der Waals surface area contributed by atoms with Crippen LogP contribution in [0.5, 0.6) is 11.5 Å². The molecule has 6 nitrogen and oxygen atoms in total. The Hall–Kier alpha value is -3.48. The molecule has 0 N–H and O–H groups in total. The standard InChI is InChI=1S/C29H32FNO5/c1-6-16(2)36-29(33)26-17(3)31-22-13-19(18-11-12-24(34-4)25(15-18)35-5)14-23(32)28(22)27(26)20-9-7-8-10-21(20)30/h7-12,15-16,19,26-27H,6,13-14H2,1-5H3/t16-,19-,26?,27+/m1/s1. The van der Waals surface area contributed by atoms with Crippen LogP contribution in [0.3, 0.4) is 0 Å². The number of nitrogens with zero attached hydrogens (tertiary/aromatic N) is 1. The maximum absolute atomic E-state index is 15.1. The van der Waals surface area contributed by atoms with Gasteiger partial charge in [-0.2, -0.15) is 0 Å². The molecule has 1 heterocycles. The van der Waals surface area contributed by atoms with Crippen molar-refractivity contribution in [1.29, 1.82) is 0 Å². The molecule has 190 valence electrons. The second-order valence-electron chi connectivity index (χ2n) is 9.39. The van der Waals surface area contributed by atoms with Crippen molar-refractivity contribution in [1.82, 2.24) is 0 Å². The third kappa shape index (κ3) is 4.79. The number of ketones is 1. The van der Waals surface area contributed by atoms with Crippen molar-refractivity contribution in [3.63, 3.8) is 0 Å². The third-order valence-electron chi connectivity index (χ3n) is 7.15. The van der Waals surface area contributed by atoms with Crippen LogP contribution in [0.4, 0.5) is 4.39 Å². The Bertz CT molecular complexity index is 1230. The van der Waals surface area contributed by atoms with Gasteiger partial charge in [-0.15, -0.1) is 0 Å². The van der Waals surface area contributed by atoms with E-state index in [0.29, 0.717) is 46.9 Å². The highest BCUT2D eigenvalue weighted by Crippen LogP contribution is 2.48. The van der Waals surface area contributed by atoms with Crippen molar-refractivity contribution in [2.45, 2.75) is 58.0 Å². The van der Waals surface area contributed by atoms with Gasteiger partial charge in [0.1, 0.15) is 11.7 Å². The molecule has 0 radical (unpaired) electrons. The highest BCUT2D eigenvalue weighted by Gasteiger charge is 2.45. The number of benzene rings is 2. The van der Waals surface area contributed by atoms with E-state index in [-0.39, 0.29) is 24.2 Å². The summed E-state index contributed by atoms with van der Waals surface area (Å²) in [5.41, 5.74) is 2.78. The number of halogens is 1. The monoisotopic (exact) mass is 493 g/mol. The van der Waals surface area contributed by atoms with Crippen molar-refractivity contribution >= 4 is 17.5 Å². The van der Waals surface area contributed by atoms with Gasteiger partial charge < -0.3 is 14.2 Å². The van der Waals surface area contributed by atoms with Gasteiger partial charge >= 0.3 is 5.97 Å². The molecule has 1 aliphatic carbocycles. The number of allylic oxidation sites excluding steroid dienone is 2. The van der Waals surface area contributed by atoms with Crippen LogP contribution >= 0.6 is 0 Å². The first kappa shape index (κ1) is 25.6. The maximum Gasteiger partial charge on any atom is 0.315 e. The summed E-state index contributed by atoms with van der Waals surface area (Å²) in [6.07, 6.45) is 1.07. The summed E-state index contributed by atoms with van der Waals surface area (Å²) in [4.78, 5) is 31.7. The minimum atomic E-state index is -0.865. The number of carbonyl (C=O) groups excluding carboxylic acids is 2. The highest BCUT2D eigenvalue weighted by molar-refractivity contribution is 6.09. The van der Waals surface area contributed by atoms with Crippen LogP contribution in [0.2, 0.25) is 0 Å². The first-order chi connectivity index (χ1) is 17.3. The van der Waals surface area contributed by atoms with Crippen molar-refractivity contribution in [3.8, 4) is 11.5 Å². The summed E-state index contributed by atoms with van der Waals surface area (Å²) in [6.45, 7) is 5.49. The van der Waals surface area contributed by atoms with Crippen molar-refractivity contribution < 1.29 is 28.2 Å². The number of ether oxygens (including phenoxy) is 3. The van der Waals surface area contributed by atoms with E-state index in [1.807, 2.05) is 32.0 Å². The van der Waals surface area contributed by atoms with E-state index < -0.39 is 23.6 Å².